The summed E-state index contributed by atoms with van der Waals surface area (Å²) in [6, 6.07) is 9.84. The molecule has 0 heterocycles. The Morgan fingerprint density at radius 1 is 1.10 bits per heavy atom. The van der Waals surface area contributed by atoms with Gasteiger partial charge in [-0.25, -0.2) is 4.79 Å². The molecule has 0 atom stereocenters. The SMILES string of the molecule is COc1cc(C(=O)OCC(=O)N(CCC#N)c2ccc(Cl)c(C)c2)cc(Cl)c1OC. The van der Waals surface area contributed by atoms with Crippen molar-refractivity contribution in [3.05, 3.63) is 51.5 Å². The minimum absolute atomic E-state index is 0.108. The number of amides is 1. The Hall–Kier alpha value is -2.95. The normalized spacial score (nSPS) is 10.1. The van der Waals surface area contributed by atoms with Gasteiger partial charge in [0.25, 0.3) is 5.91 Å². The number of hydrogen-bond donors (Lipinski definition) is 0. The summed E-state index contributed by atoms with van der Waals surface area (Å²) < 4.78 is 15.5. The summed E-state index contributed by atoms with van der Waals surface area (Å²) in [4.78, 5) is 26.5. The predicted octanol–water partition coefficient (Wildman–Crippen LogP) is 4.42. The van der Waals surface area contributed by atoms with Gasteiger partial charge in [0.15, 0.2) is 18.1 Å². The van der Waals surface area contributed by atoms with E-state index in [0.29, 0.717) is 10.7 Å². The second-order valence-electron chi connectivity index (χ2n) is 6.16. The highest BCUT2D eigenvalue weighted by atomic mass is 35.5. The van der Waals surface area contributed by atoms with Crippen molar-refractivity contribution in [1.29, 1.82) is 5.26 Å². The zero-order valence-electron chi connectivity index (χ0n) is 16.7. The number of carbonyl (C=O) groups excluding carboxylic acids is 2. The number of benzene rings is 2. The van der Waals surface area contributed by atoms with E-state index in [1.807, 2.05) is 6.07 Å². The van der Waals surface area contributed by atoms with Gasteiger partial charge in [0, 0.05) is 17.3 Å². The average Bonchev–Trinajstić information content (AvgIpc) is 2.73. The number of rotatable bonds is 8. The lowest BCUT2D eigenvalue weighted by Gasteiger charge is -2.22. The first-order valence-corrected chi connectivity index (χ1v) is 9.60. The van der Waals surface area contributed by atoms with Crippen LogP contribution in [0, 0.1) is 18.3 Å². The van der Waals surface area contributed by atoms with E-state index in [1.165, 1.54) is 31.3 Å². The van der Waals surface area contributed by atoms with Gasteiger partial charge >= 0.3 is 5.97 Å². The van der Waals surface area contributed by atoms with Gasteiger partial charge in [-0.15, -0.1) is 0 Å². The van der Waals surface area contributed by atoms with E-state index in [9.17, 15) is 9.59 Å². The summed E-state index contributed by atoms with van der Waals surface area (Å²) in [5, 5.41) is 9.63. The maximum absolute atomic E-state index is 12.7. The number of aryl methyl sites for hydroxylation is 1. The summed E-state index contributed by atoms with van der Waals surface area (Å²) in [5.74, 6) is -0.686. The highest BCUT2D eigenvalue weighted by Crippen LogP contribution is 2.36. The van der Waals surface area contributed by atoms with Crippen molar-refractivity contribution < 1.29 is 23.8 Å². The van der Waals surface area contributed by atoms with Gasteiger partial charge in [-0.05, 0) is 42.8 Å². The molecule has 0 bridgehead atoms. The molecule has 0 fully saturated rings. The van der Waals surface area contributed by atoms with Gasteiger partial charge < -0.3 is 19.1 Å². The quantitative estimate of drug-likeness (QED) is 0.552. The summed E-state index contributed by atoms with van der Waals surface area (Å²) >= 11 is 12.1. The van der Waals surface area contributed by atoms with Crippen LogP contribution in [0.5, 0.6) is 11.5 Å². The van der Waals surface area contributed by atoms with Crippen LogP contribution < -0.4 is 14.4 Å². The molecule has 30 heavy (non-hydrogen) atoms. The summed E-state index contributed by atoms with van der Waals surface area (Å²) in [6.07, 6.45) is 0.118. The first-order chi connectivity index (χ1) is 14.3. The van der Waals surface area contributed by atoms with Gasteiger partial charge in [-0.3, -0.25) is 4.79 Å². The van der Waals surface area contributed by atoms with Gasteiger partial charge in [-0.1, -0.05) is 23.2 Å². The molecule has 7 nitrogen and oxygen atoms in total. The van der Waals surface area contributed by atoms with E-state index < -0.39 is 18.5 Å². The molecule has 0 aliphatic rings. The van der Waals surface area contributed by atoms with E-state index >= 15 is 0 Å². The number of ether oxygens (including phenoxy) is 3. The fourth-order valence-corrected chi connectivity index (χ4v) is 3.09. The van der Waals surface area contributed by atoms with Gasteiger partial charge in [0.2, 0.25) is 0 Å². The first-order valence-electron chi connectivity index (χ1n) is 8.84. The minimum atomic E-state index is -0.751. The van der Waals surface area contributed by atoms with E-state index in [1.54, 1.807) is 25.1 Å². The molecule has 2 aromatic carbocycles. The lowest BCUT2D eigenvalue weighted by atomic mass is 10.2. The zero-order chi connectivity index (χ0) is 22.3. The number of carbonyl (C=O) groups is 2. The molecule has 0 N–H and O–H groups in total. The third-order valence-electron chi connectivity index (χ3n) is 4.20. The molecule has 158 valence electrons. The van der Waals surface area contributed by atoms with Crippen molar-refractivity contribution in [3.63, 3.8) is 0 Å². The molecular weight excluding hydrogens is 431 g/mol. The van der Waals surface area contributed by atoms with Crippen LogP contribution in [0.15, 0.2) is 30.3 Å². The highest BCUT2D eigenvalue weighted by Gasteiger charge is 2.20. The standard InChI is InChI=1S/C21H20Cl2N2O5/c1-13-9-15(5-6-16(13)22)25(8-4-7-24)19(26)12-30-21(27)14-10-17(23)20(29-3)18(11-14)28-2/h5-6,9-11H,4,8,12H2,1-3H3. The molecule has 0 aromatic heterocycles. The Labute approximate surface area is 184 Å². The van der Waals surface area contributed by atoms with Crippen LogP contribution >= 0.6 is 23.2 Å². The number of halogens is 2. The van der Waals surface area contributed by atoms with Crippen molar-refractivity contribution >= 4 is 40.8 Å². The highest BCUT2D eigenvalue weighted by molar-refractivity contribution is 6.32. The van der Waals surface area contributed by atoms with Crippen molar-refractivity contribution in [2.45, 2.75) is 13.3 Å². The monoisotopic (exact) mass is 450 g/mol. The van der Waals surface area contributed by atoms with Crippen LogP contribution in [0.2, 0.25) is 10.0 Å². The van der Waals surface area contributed by atoms with Crippen molar-refractivity contribution in [1.82, 2.24) is 0 Å². The Morgan fingerprint density at radius 2 is 1.83 bits per heavy atom. The summed E-state index contributed by atoms with van der Waals surface area (Å²) in [7, 11) is 2.84. The number of esters is 1. The number of anilines is 1. The van der Waals surface area contributed by atoms with Crippen molar-refractivity contribution in [2.24, 2.45) is 0 Å². The lowest BCUT2D eigenvalue weighted by molar-refractivity contribution is -0.121. The maximum Gasteiger partial charge on any atom is 0.338 e. The van der Waals surface area contributed by atoms with Crippen LogP contribution in [0.4, 0.5) is 5.69 Å². The number of hydrogen-bond acceptors (Lipinski definition) is 6. The molecule has 0 spiro atoms. The number of methoxy groups -OCH3 is 2. The molecular formula is C21H20Cl2N2O5. The van der Waals surface area contributed by atoms with Crippen LogP contribution in [0.1, 0.15) is 22.3 Å². The largest absolute Gasteiger partial charge is 0.493 e. The molecule has 0 radical (unpaired) electrons. The van der Waals surface area contributed by atoms with Gasteiger partial charge in [-0.2, -0.15) is 5.26 Å². The Balaban J connectivity index is 2.16. The third-order valence-corrected chi connectivity index (χ3v) is 4.90. The van der Waals surface area contributed by atoms with E-state index in [-0.39, 0.29) is 35.1 Å². The Bertz CT molecular complexity index is 988. The summed E-state index contributed by atoms with van der Waals surface area (Å²) in [5.41, 5.74) is 1.44. The summed E-state index contributed by atoms with van der Waals surface area (Å²) in [6.45, 7) is 1.44. The second-order valence-corrected chi connectivity index (χ2v) is 6.97. The fraction of sp³-hybridized carbons (Fsp3) is 0.286. The van der Waals surface area contributed by atoms with Crippen LogP contribution in [-0.2, 0) is 9.53 Å². The Morgan fingerprint density at radius 3 is 2.43 bits per heavy atom. The number of nitriles is 1. The maximum atomic E-state index is 12.7. The molecule has 0 aliphatic heterocycles. The van der Waals surface area contributed by atoms with E-state index in [0.717, 1.165) is 5.56 Å². The minimum Gasteiger partial charge on any atom is -0.493 e. The number of nitrogens with zero attached hydrogens (tertiary/aromatic N) is 2. The smallest absolute Gasteiger partial charge is 0.338 e. The molecule has 9 heteroatoms. The molecule has 0 saturated heterocycles. The van der Waals surface area contributed by atoms with Crippen molar-refractivity contribution in [2.75, 3.05) is 32.3 Å². The Kier molecular flexibility index (Phi) is 8.34. The topological polar surface area (TPSA) is 88.9 Å². The molecule has 2 rings (SSSR count). The van der Waals surface area contributed by atoms with Crippen LogP contribution in [0.3, 0.4) is 0 Å². The predicted molar refractivity (Wildman–Crippen MR) is 114 cm³/mol. The van der Waals surface area contributed by atoms with Crippen molar-refractivity contribution in [3.8, 4) is 17.6 Å². The van der Waals surface area contributed by atoms with E-state index in [4.69, 9.17) is 42.7 Å². The molecule has 0 saturated carbocycles. The third kappa shape index (κ3) is 5.56. The van der Waals surface area contributed by atoms with Gasteiger partial charge in [0.1, 0.15) is 0 Å². The molecule has 2 aromatic rings. The van der Waals surface area contributed by atoms with Crippen LogP contribution in [0.25, 0.3) is 0 Å². The first kappa shape index (κ1) is 23.3. The fourth-order valence-electron chi connectivity index (χ4n) is 2.68. The molecule has 0 unspecified atom stereocenters. The van der Waals surface area contributed by atoms with E-state index in [2.05, 4.69) is 0 Å². The second kappa shape index (κ2) is 10.7. The average molecular weight is 451 g/mol. The van der Waals surface area contributed by atoms with Gasteiger partial charge in [0.05, 0.1) is 37.3 Å². The zero-order valence-corrected chi connectivity index (χ0v) is 18.2. The molecule has 0 aliphatic carbocycles. The molecule has 1 amide bonds. The van der Waals surface area contributed by atoms with Crippen LogP contribution in [-0.4, -0.2) is 39.2 Å². The lowest BCUT2D eigenvalue weighted by Crippen LogP contribution is -2.35.